The van der Waals surface area contributed by atoms with E-state index in [0.29, 0.717) is 0 Å². The summed E-state index contributed by atoms with van der Waals surface area (Å²) in [6, 6.07) is 0. The van der Waals surface area contributed by atoms with Crippen LogP contribution in [0, 0.1) is 6.92 Å². The van der Waals surface area contributed by atoms with E-state index in [1.165, 1.54) is 4.88 Å². The van der Waals surface area contributed by atoms with Crippen LogP contribution in [0.15, 0.2) is 5.51 Å². The molecule has 1 heterocycles. The minimum absolute atomic E-state index is 0.197. The Morgan fingerprint density at radius 1 is 1.53 bits per heavy atom. The first-order chi connectivity index (χ1) is 7.09. The maximum absolute atomic E-state index is 9.16. The summed E-state index contributed by atoms with van der Waals surface area (Å²) in [5.41, 5.74) is 3.06. The lowest BCUT2D eigenvalue weighted by Gasteiger charge is -2.16. The van der Waals surface area contributed by atoms with Gasteiger partial charge >= 0.3 is 0 Å². The van der Waals surface area contributed by atoms with E-state index in [2.05, 4.69) is 23.9 Å². The lowest BCUT2D eigenvalue weighted by atomic mass is 10.2. The maximum Gasteiger partial charge on any atom is 0.0797 e. The summed E-state index contributed by atoms with van der Waals surface area (Å²) in [6.07, 6.45) is 1.71. The van der Waals surface area contributed by atoms with Crippen molar-refractivity contribution in [2.45, 2.75) is 32.8 Å². The molecule has 0 saturated carbocycles. The average Bonchev–Trinajstić information content (AvgIpc) is 2.58. The number of thiazole rings is 1. The third kappa shape index (κ3) is 4.73. The van der Waals surface area contributed by atoms with Crippen LogP contribution in [-0.4, -0.2) is 41.2 Å². The Kier molecular flexibility index (Phi) is 5.22. The first kappa shape index (κ1) is 12.6. The number of aliphatic hydroxyl groups excluding tert-OH is 1. The summed E-state index contributed by atoms with van der Waals surface area (Å²) in [6.45, 7) is 5.88. The highest BCUT2D eigenvalue weighted by Crippen LogP contribution is 2.12. The molecule has 0 bridgehead atoms. The lowest BCUT2D eigenvalue weighted by molar-refractivity contribution is 0.165. The standard InChI is InChI=1S/C11H20N2OS/c1-9(14)4-6-13(3)7-5-11-10(2)12-8-15-11/h8-9,14H,4-7H2,1-3H3. The van der Waals surface area contributed by atoms with Gasteiger partial charge in [-0.3, -0.25) is 0 Å². The van der Waals surface area contributed by atoms with E-state index in [1.807, 2.05) is 12.4 Å². The normalized spacial score (nSPS) is 13.4. The molecule has 0 radical (unpaired) electrons. The molecule has 86 valence electrons. The molecule has 0 aliphatic rings. The molecule has 1 unspecified atom stereocenters. The fraction of sp³-hybridized carbons (Fsp3) is 0.727. The number of hydrogen-bond acceptors (Lipinski definition) is 4. The fourth-order valence-corrected chi connectivity index (χ4v) is 2.15. The highest BCUT2D eigenvalue weighted by molar-refractivity contribution is 7.09. The van der Waals surface area contributed by atoms with Gasteiger partial charge in [-0.25, -0.2) is 4.98 Å². The van der Waals surface area contributed by atoms with Crippen molar-refractivity contribution in [3.05, 3.63) is 16.1 Å². The molecule has 1 rings (SSSR count). The van der Waals surface area contributed by atoms with Gasteiger partial charge in [-0.05, 0) is 33.7 Å². The van der Waals surface area contributed by atoms with Crippen molar-refractivity contribution >= 4 is 11.3 Å². The SMILES string of the molecule is Cc1ncsc1CCN(C)CCC(C)O. The van der Waals surface area contributed by atoms with Crippen LogP contribution in [-0.2, 0) is 6.42 Å². The van der Waals surface area contributed by atoms with Gasteiger partial charge in [0.05, 0.1) is 17.3 Å². The van der Waals surface area contributed by atoms with E-state index in [1.54, 1.807) is 11.3 Å². The van der Waals surface area contributed by atoms with Gasteiger partial charge in [-0.1, -0.05) is 0 Å². The predicted octanol–water partition coefficient (Wildman–Crippen LogP) is 1.70. The van der Waals surface area contributed by atoms with Crippen LogP contribution in [0.5, 0.6) is 0 Å². The molecule has 15 heavy (non-hydrogen) atoms. The van der Waals surface area contributed by atoms with Gasteiger partial charge in [0, 0.05) is 18.0 Å². The molecule has 0 aliphatic heterocycles. The van der Waals surface area contributed by atoms with Gasteiger partial charge in [0.15, 0.2) is 0 Å². The van der Waals surface area contributed by atoms with Gasteiger partial charge in [0.25, 0.3) is 0 Å². The van der Waals surface area contributed by atoms with Crippen LogP contribution < -0.4 is 0 Å². The van der Waals surface area contributed by atoms with E-state index in [-0.39, 0.29) is 6.10 Å². The minimum atomic E-state index is -0.197. The van der Waals surface area contributed by atoms with Crippen molar-refractivity contribution in [2.75, 3.05) is 20.1 Å². The van der Waals surface area contributed by atoms with Crippen molar-refractivity contribution in [3.8, 4) is 0 Å². The second-order valence-corrected chi connectivity index (χ2v) is 4.99. The van der Waals surface area contributed by atoms with Gasteiger partial charge < -0.3 is 10.0 Å². The fourth-order valence-electron chi connectivity index (χ4n) is 1.38. The molecule has 0 amide bonds. The molecule has 3 nitrogen and oxygen atoms in total. The largest absolute Gasteiger partial charge is 0.393 e. The lowest BCUT2D eigenvalue weighted by Crippen LogP contribution is -2.24. The quantitative estimate of drug-likeness (QED) is 0.805. The number of aliphatic hydroxyl groups is 1. The van der Waals surface area contributed by atoms with Crippen molar-refractivity contribution < 1.29 is 5.11 Å². The van der Waals surface area contributed by atoms with E-state index in [4.69, 9.17) is 5.11 Å². The monoisotopic (exact) mass is 228 g/mol. The Labute approximate surface area is 95.8 Å². The van der Waals surface area contributed by atoms with Crippen LogP contribution in [0.3, 0.4) is 0 Å². The second-order valence-electron chi connectivity index (χ2n) is 4.05. The summed E-state index contributed by atoms with van der Waals surface area (Å²) < 4.78 is 0. The number of aryl methyl sites for hydroxylation is 1. The first-order valence-electron chi connectivity index (χ1n) is 5.35. The predicted molar refractivity (Wildman–Crippen MR) is 64.3 cm³/mol. The molecule has 0 aromatic carbocycles. The van der Waals surface area contributed by atoms with Crippen molar-refractivity contribution in [1.82, 2.24) is 9.88 Å². The van der Waals surface area contributed by atoms with Gasteiger partial charge in [0.1, 0.15) is 0 Å². The maximum atomic E-state index is 9.16. The summed E-state index contributed by atoms with van der Waals surface area (Å²) in [5.74, 6) is 0. The number of hydrogen-bond donors (Lipinski definition) is 1. The van der Waals surface area contributed by atoms with Crippen LogP contribution in [0.25, 0.3) is 0 Å². The Hall–Kier alpha value is -0.450. The summed E-state index contributed by atoms with van der Waals surface area (Å²) in [5, 5.41) is 9.16. The topological polar surface area (TPSA) is 36.4 Å². The van der Waals surface area contributed by atoms with E-state index >= 15 is 0 Å². The minimum Gasteiger partial charge on any atom is -0.393 e. The molecular formula is C11H20N2OS. The van der Waals surface area contributed by atoms with Crippen LogP contribution in [0.1, 0.15) is 23.9 Å². The zero-order valence-electron chi connectivity index (χ0n) is 9.73. The number of rotatable bonds is 6. The van der Waals surface area contributed by atoms with Crippen molar-refractivity contribution in [1.29, 1.82) is 0 Å². The van der Waals surface area contributed by atoms with Crippen LogP contribution in [0.4, 0.5) is 0 Å². The molecule has 0 spiro atoms. The Bertz CT molecular complexity index is 286. The molecule has 1 aromatic rings. The number of nitrogens with zero attached hydrogens (tertiary/aromatic N) is 2. The molecule has 1 aromatic heterocycles. The molecular weight excluding hydrogens is 208 g/mol. The summed E-state index contributed by atoms with van der Waals surface area (Å²) in [4.78, 5) is 7.86. The molecule has 1 atom stereocenters. The summed E-state index contributed by atoms with van der Waals surface area (Å²) >= 11 is 1.73. The van der Waals surface area contributed by atoms with Gasteiger partial charge in [-0.2, -0.15) is 0 Å². The smallest absolute Gasteiger partial charge is 0.0797 e. The van der Waals surface area contributed by atoms with E-state index in [9.17, 15) is 0 Å². The van der Waals surface area contributed by atoms with Crippen LogP contribution in [0.2, 0.25) is 0 Å². The molecule has 0 saturated heterocycles. The third-order valence-electron chi connectivity index (χ3n) is 2.49. The van der Waals surface area contributed by atoms with Crippen molar-refractivity contribution in [3.63, 3.8) is 0 Å². The molecule has 0 fully saturated rings. The van der Waals surface area contributed by atoms with Gasteiger partial charge in [-0.15, -0.1) is 11.3 Å². The molecule has 4 heteroatoms. The first-order valence-corrected chi connectivity index (χ1v) is 6.23. The molecule has 1 N–H and O–H groups in total. The zero-order valence-corrected chi connectivity index (χ0v) is 10.5. The second kappa shape index (κ2) is 6.20. The Balaban J connectivity index is 2.22. The molecule has 0 aliphatic carbocycles. The average molecular weight is 228 g/mol. The van der Waals surface area contributed by atoms with Gasteiger partial charge in [0.2, 0.25) is 0 Å². The third-order valence-corrected chi connectivity index (χ3v) is 3.49. The van der Waals surface area contributed by atoms with Crippen molar-refractivity contribution in [2.24, 2.45) is 0 Å². The number of aromatic nitrogens is 1. The summed E-state index contributed by atoms with van der Waals surface area (Å²) in [7, 11) is 2.10. The zero-order chi connectivity index (χ0) is 11.3. The Morgan fingerprint density at radius 3 is 2.80 bits per heavy atom. The Morgan fingerprint density at radius 2 is 2.27 bits per heavy atom. The van der Waals surface area contributed by atoms with E-state index < -0.39 is 0 Å². The highest BCUT2D eigenvalue weighted by atomic mass is 32.1. The number of likely N-dealkylation sites (N-methyl/N-ethyl adjacent to an activating group) is 1. The van der Waals surface area contributed by atoms with Crippen LogP contribution >= 0.6 is 11.3 Å². The highest BCUT2D eigenvalue weighted by Gasteiger charge is 2.05. The van der Waals surface area contributed by atoms with E-state index in [0.717, 1.165) is 31.6 Å².